The molecule has 2 heterocycles. The van der Waals surface area contributed by atoms with E-state index < -0.39 is 0 Å². The maximum atomic E-state index is 12.6. The molecule has 1 fully saturated rings. The number of fused-ring (bicyclic) bond motifs is 1. The Labute approximate surface area is 206 Å². The van der Waals surface area contributed by atoms with Crippen LogP contribution in [-0.2, 0) is 0 Å². The number of carbonyl (C=O) groups is 3. The summed E-state index contributed by atoms with van der Waals surface area (Å²) in [4.78, 5) is 43.8. The highest BCUT2D eigenvalue weighted by molar-refractivity contribution is 6.22. The third kappa shape index (κ3) is 5.65. The number of methoxy groups -OCH3 is 1. The molecule has 35 heavy (non-hydrogen) atoms. The first-order chi connectivity index (χ1) is 17.0. The number of piperazine rings is 1. The van der Waals surface area contributed by atoms with Gasteiger partial charge in [0.1, 0.15) is 5.75 Å². The predicted molar refractivity (Wildman–Crippen MR) is 135 cm³/mol. The van der Waals surface area contributed by atoms with Crippen molar-refractivity contribution in [2.24, 2.45) is 0 Å². The highest BCUT2D eigenvalue weighted by atomic mass is 16.5. The van der Waals surface area contributed by atoms with Gasteiger partial charge in [-0.25, -0.2) is 0 Å². The van der Waals surface area contributed by atoms with Gasteiger partial charge in [-0.3, -0.25) is 24.2 Å². The van der Waals surface area contributed by atoms with Crippen LogP contribution in [0.5, 0.6) is 5.75 Å². The number of hydrogen-bond acceptors (Lipinski definition) is 6. The van der Waals surface area contributed by atoms with Gasteiger partial charge in [0, 0.05) is 50.5 Å². The Balaban J connectivity index is 1.20. The summed E-state index contributed by atoms with van der Waals surface area (Å²) in [6.45, 7) is 7.81. The van der Waals surface area contributed by atoms with Gasteiger partial charge in [0.2, 0.25) is 0 Å². The molecule has 4 rings (SSSR count). The second-order valence-corrected chi connectivity index (χ2v) is 9.01. The van der Waals surface area contributed by atoms with Crippen LogP contribution in [0.15, 0.2) is 42.5 Å². The lowest BCUT2D eigenvalue weighted by molar-refractivity contribution is 0.0652. The van der Waals surface area contributed by atoms with Crippen molar-refractivity contribution >= 4 is 23.4 Å². The highest BCUT2D eigenvalue weighted by Crippen LogP contribution is 2.24. The average Bonchev–Trinajstić information content (AvgIpc) is 3.14. The smallest absolute Gasteiger partial charge is 0.261 e. The maximum absolute atomic E-state index is 12.6. The number of nitrogens with zero attached hydrogens (tertiary/aromatic N) is 3. The number of anilines is 1. The summed E-state index contributed by atoms with van der Waals surface area (Å²) in [7, 11) is 1.67. The van der Waals surface area contributed by atoms with E-state index in [1.165, 1.54) is 10.6 Å². The summed E-state index contributed by atoms with van der Waals surface area (Å²) >= 11 is 0. The van der Waals surface area contributed by atoms with Crippen LogP contribution in [0.2, 0.25) is 0 Å². The molecule has 8 heteroatoms. The number of imide groups is 1. The minimum absolute atomic E-state index is 0.218. The van der Waals surface area contributed by atoms with Gasteiger partial charge in [0.25, 0.3) is 17.7 Å². The van der Waals surface area contributed by atoms with E-state index in [0.29, 0.717) is 29.8 Å². The van der Waals surface area contributed by atoms with Gasteiger partial charge in [-0.1, -0.05) is 13.3 Å². The first-order valence-corrected chi connectivity index (χ1v) is 12.4. The molecule has 0 aliphatic carbocycles. The fourth-order valence-corrected chi connectivity index (χ4v) is 4.58. The molecule has 0 spiro atoms. The summed E-state index contributed by atoms with van der Waals surface area (Å²) < 4.78 is 5.23. The number of carbonyl (C=O) groups excluding carboxylic acids is 3. The molecule has 2 aliphatic rings. The Morgan fingerprint density at radius 1 is 0.914 bits per heavy atom. The van der Waals surface area contributed by atoms with Crippen molar-refractivity contribution in [2.45, 2.75) is 26.2 Å². The zero-order chi connectivity index (χ0) is 24.8. The SMILES string of the molecule is CCCCN1C(=O)c2ccc(C(=O)NCCCN3CCN(c4ccc(OC)cc4)CC3)cc2C1=O. The maximum Gasteiger partial charge on any atom is 0.261 e. The Morgan fingerprint density at radius 3 is 2.31 bits per heavy atom. The lowest BCUT2D eigenvalue weighted by atomic mass is 10.1. The van der Waals surface area contributed by atoms with Crippen molar-refractivity contribution in [1.29, 1.82) is 0 Å². The molecule has 0 atom stereocenters. The van der Waals surface area contributed by atoms with E-state index in [2.05, 4.69) is 27.2 Å². The van der Waals surface area contributed by atoms with Crippen molar-refractivity contribution in [1.82, 2.24) is 15.1 Å². The number of benzene rings is 2. The van der Waals surface area contributed by atoms with E-state index in [-0.39, 0.29) is 17.7 Å². The van der Waals surface area contributed by atoms with E-state index in [1.54, 1.807) is 25.3 Å². The molecule has 0 bridgehead atoms. The highest BCUT2D eigenvalue weighted by Gasteiger charge is 2.35. The number of ether oxygens (including phenoxy) is 1. The molecule has 2 aliphatic heterocycles. The number of unbranched alkanes of at least 4 members (excludes halogenated alkanes) is 1. The van der Waals surface area contributed by atoms with E-state index in [9.17, 15) is 14.4 Å². The Kier molecular flexibility index (Phi) is 8.02. The summed E-state index contributed by atoms with van der Waals surface area (Å²) in [5.41, 5.74) is 2.33. The third-order valence-corrected chi connectivity index (χ3v) is 6.71. The molecule has 0 saturated carbocycles. The van der Waals surface area contributed by atoms with Crippen molar-refractivity contribution in [3.05, 3.63) is 59.2 Å². The summed E-state index contributed by atoms with van der Waals surface area (Å²) in [6.07, 6.45) is 2.52. The topological polar surface area (TPSA) is 82.2 Å². The van der Waals surface area contributed by atoms with Crippen molar-refractivity contribution in [3.63, 3.8) is 0 Å². The number of amides is 3. The lowest BCUT2D eigenvalue weighted by Crippen LogP contribution is -2.47. The van der Waals surface area contributed by atoms with Crippen molar-refractivity contribution in [2.75, 3.05) is 57.8 Å². The molecular weight excluding hydrogens is 444 g/mol. The molecule has 3 amide bonds. The van der Waals surface area contributed by atoms with Crippen LogP contribution in [0.4, 0.5) is 5.69 Å². The van der Waals surface area contributed by atoms with Gasteiger partial charge in [0.15, 0.2) is 0 Å². The molecule has 1 saturated heterocycles. The van der Waals surface area contributed by atoms with E-state index >= 15 is 0 Å². The van der Waals surface area contributed by atoms with Gasteiger partial charge in [0.05, 0.1) is 18.2 Å². The zero-order valence-electron chi connectivity index (χ0n) is 20.6. The van der Waals surface area contributed by atoms with Crippen LogP contribution in [0.25, 0.3) is 0 Å². The van der Waals surface area contributed by atoms with Crippen LogP contribution >= 0.6 is 0 Å². The molecule has 2 aromatic rings. The minimum Gasteiger partial charge on any atom is -0.497 e. The van der Waals surface area contributed by atoms with Crippen LogP contribution in [0.1, 0.15) is 57.3 Å². The Hall–Kier alpha value is -3.39. The Morgan fingerprint density at radius 2 is 1.63 bits per heavy atom. The van der Waals surface area contributed by atoms with Crippen LogP contribution in [0.3, 0.4) is 0 Å². The predicted octanol–water partition coefficient (Wildman–Crippen LogP) is 3.03. The molecule has 0 unspecified atom stereocenters. The fraction of sp³-hybridized carbons (Fsp3) is 0.444. The number of hydrogen-bond donors (Lipinski definition) is 1. The molecule has 8 nitrogen and oxygen atoms in total. The molecular formula is C27H34N4O4. The quantitative estimate of drug-likeness (QED) is 0.418. The zero-order valence-corrected chi connectivity index (χ0v) is 20.6. The third-order valence-electron chi connectivity index (χ3n) is 6.71. The average molecular weight is 479 g/mol. The van der Waals surface area contributed by atoms with Crippen LogP contribution in [-0.4, -0.2) is 80.4 Å². The molecule has 186 valence electrons. The number of rotatable bonds is 10. The monoisotopic (exact) mass is 478 g/mol. The summed E-state index contributed by atoms with van der Waals surface area (Å²) in [5.74, 6) is 0.0760. The lowest BCUT2D eigenvalue weighted by Gasteiger charge is -2.36. The minimum atomic E-state index is -0.304. The molecule has 2 aromatic carbocycles. The first-order valence-electron chi connectivity index (χ1n) is 12.4. The van der Waals surface area contributed by atoms with Crippen LogP contribution in [0, 0.1) is 0 Å². The van der Waals surface area contributed by atoms with E-state index in [1.807, 2.05) is 19.1 Å². The largest absolute Gasteiger partial charge is 0.497 e. The first kappa shape index (κ1) is 24.7. The van der Waals surface area contributed by atoms with Gasteiger partial charge in [-0.05, 0) is 61.9 Å². The van der Waals surface area contributed by atoms with Crippen molar-refractivity contribution < 1.29 is 19.1 Å². The van der Waals surface area contributed by atoms with E-state index in [4.69, 9.17) is 4.74 Å². The normalized spacial score (nSPS) is 15.9. The van der Waals surface area contributed by atoms with Gasteiger partial charge < -0.3 is 15.0 Å². The Bertz CT molecular complexity index is 1060. The van der Waals surface area contributed by atoms with E-state index in [0.717, 1.165) is 57.7 Å². The second-order valence-electron chi connectivity index (χ2n) is 9.01. The standard InChI is InChI=1S/C27H34N4O4/c1-3-4-14-31-26(33)23-11-6-20(19-24(23)27(31)34)25(32)28-12-5-13-29-15-17-30(18-16-29)21-7-9-22(35-2)10-8-21/h6-11,19H,3-5,12-18H2,1-2H3,(H,28,32). The van der Waals surface area contributed by atoms with Crippen molar-refractivity contribution in [3.8, 4) is 5.75 Å². The molecule has 0 radical (unpaired) electrons. The van der Waals surface area contributed by atoms with Gasteiger partial charge in [-0.15, -0.1) is 0 Å². The summed E-state index contributed by atoms with van der Waals surface area (Å²) in [6, 6.07) is 12.9. The second kappa shape index (κ2) is 11.4. The number of nitrogens with one attached hydrogen (secondary N) is 1. The fourth-order valence-electron chi connectivity index (χ4n) is 4.58. The van der Waals surface area contributed by atoms with Gasteiger partial charge in [-0.2, -0.15) is 0 Å². The summed E-state index contributed by atoms with van der Waals surface area (Å²) in [5, 5.41) is 2.95. The molecule has 1 N–H and O–H groups in total. The molecule has 0 aromatic heterocycles. The van der Waals surface area contributed by atoms with Gasteiger partial charge >= 0.3 is 0 Å². The van der Waals surface area contributed by atoms with Crippen LogP contribution < -0.4 is 15.0 Å².